The maximum Gasteiger partial charge on any atom is 0.210 e. The van der Waals surface area contributed by atoms with Crippen molar-refractivity contribution in [1.82, 2.24) is 4.40 Å². The van der Waals surface area contributed by atoms with Crippen molar-refractivity contribution in [3.05, 3.63) is 75.0 Å². The molecule has 2 aromatic heterocycles. The lowest BCUT2D eigenvalue weighted by atomic mass is 10.0. The van der Waals surface area contributed by atoms with E-state index < -0.39 is 0 Å². The van der Waals surface area contributed by atoms with Gasteiger partial charge in [0.15, 0.2) is 0 Å². The first kappa shape index (κ1) is 13.8. The van der Waals surface area contributed by atoms with Crippen molar-refractivity contribution in [2.24, 2.45) is 0 Å². The van der Waals surface area contributed by atoms with E-state index in [1.807, 2.05) is 55.6 Å². The Hall–Kier alpha value is -1.87. The Bertz CT molecular complexity index is 910. The number of nitrogens with zero attached hydrogens (tertiary/aromatic N) is 1. The SMILES string of the molecule is [2H]c1c(CC)c(C(=O)c2ccc(Br)cc2)n2cc(C)cc(C)c12. The third-order valence-electron chi connectivity index (χ3n) is 3.86. The topological polar surface area (TPSA) is 21.5 Å². The minimum atomic E-state index is -0.0344. The molecule has 3 rings (SSSR count). The molecule has 0 saturated carbocycles. The molecule has 0 aliphatic rings. The summed E-state index contributed by atoms with van der Waals surface area (Å²) in [6.45, 7) is 6.00. The fraction of sp³-hybridized carbons (Fsp3) is 0.211. The van der Waals surface area contributed by atoms with Crippen LogP contribution in [0.2, 0.25) is 0 Å². The number of rotatable bonds is 3. The Morgan fingerprint density at radius 3 is 2.59 bits per heavy atom. The summed E-state index contributed by atoms with van der Waals surface area (Å²) < 4.78 is 11.3. The maximum absolute atomic E-state index is 13.1. The number of hydrogen-bond acceptors (Lipinski definition) is 1. The van der Waals surface area contributed by atoms with Crippen LogP contribution in [0.3, 0.4) is 0 Å². The second kappa shape index (κ2) is 5.73. The average Bonchev–Trinajstić information content (AvgIpc) is 2.79. The molecule has 1 aromatic carbocycles. The molecule has 0 fully saturated rings. The number of ketones is 1. The Morgan fingerprint density at radius 2 is 1.95 bits per heavy atom. The highest BCUT2D eigenvalue weighted by Crippen LogP contribution is 2.24. The van der Waals surface area contributed by atoms with E-state index in [2.05, 4.69) is 22.0 Å². The van der Waals surface area contributed by atoms with Crippen LogP contribution in [0.5, 0.6) is 0 Å². The van der Waals surface area contributed by atoms with E-state index in [1.165, 1.54) is 0 Å². The van der Waals surface area contributed by atoms with Crippen LogP contribution in [0.4, 0.5) is 0 Å². The van der Waals surface area contributed by atoms with Gasteiger partial charge in [0.2, 0.25) is 5.78 Å². The van der Waals surface area contributed by atoms with Gasteiger partial charge in [0.05, 0.1) is 7.06 Å². The van der Waals surface area contributed by atoms with Crippen molar-refractivity contribution >= 4 is 27.2 Å². The van der Waals surface area contributed by atoms with Gasteiger partial charge in [0.25, 0.3) is 0 Å². The van der Waals surface area contributed by atoms with Crippen molar-refractivity contribution in [2.75, 3.05) is 0 Å². The molecule has 2 heterocycles. The molecule has 0 radical (unpaired) electrons. The van der Waals surface area contributed by atoms with E-state index in [0.717, 1.165) is 26.7 Å². The zero-order valence-corrected chi connectivity index (χ0v) is 14.5. The summed E-state index contributed by atoms with van der Waals surface area (Å²) in [6, 6.07) is 9.89. The van der Waals surface area contributed by atoms with Gasteiger partial charge in [0, 0.05) is 21.7 Å². The molecule has 3 aromatic rings. The van der Waals surface area contributed by atoms with Gasteiger partial charge in [-0.15, -0.1) is 0 Å². The molecule has 0 aliphatic heterocycles. The molecule has 0 N–H and O–H groups in total. The Labute approximate surface area is 140 Å². The molecule has 0 amide bonds. The standard InChI is InChI=1S/C19H18BrNO/c1-4-14-10-17-13(3)9-12(2)11-21(17)18(14)19(22)15-5-7-16(20)8-6-15/h5-11H,4H2,1-3H3/i10D. The van der Waals surface area contributed by atoms with Gasteiger partial charge in [-0.3, -0.25) is 4.79 Å². The molecule has 0 spiro atoms. The molecule has 0 unspecified atom stereocenters. The normalized spacial score (nSPS) is 11.7. The van der Waals surface area contributed by atoms with Crippen LogP contribution < -0.4 is 0 Å². The molecular weight excluding hydrogens is 338 g/mol. The summed E-state index contributed by atoms with van der Waals surface area (Å²) in [4.78, 5) is 13.1. The minimum Gasteiger partial charge on any atom is -0.313 e. The highest BCUT2D eigenvalue weighted by Gasteiger charge is 2.19. The number of benzene rings is 1. The van der Waals surface area contributed by atoms with Crippen LogP contribution in [-0.4, -0.2) is 10.2 Å². The van der Waals surface area contributed by atoms with Gasteiger partial charge in [-0.05, 0) is 67.3 Å². The lowest BCUT2D eigenvalue weighted by Gasteiger charge is -2.08. The summed E-state index contributed by atoms with van der Waals surface area (Å²) in [5.41, 5.74) is 5.00. The van der Waals surface area contributed by atoms with Crippen LogP contribution in [-0.2, 0) is 6.42 Å². The van der Waals surface area contributed by atoms with E-state index in [1.54, 1.807) is 0 Å². The molecule has 2 nitrogen and oxygen atoms in total. The summed E-state index contributed by atoms with van der Waals surface area (Å²) in [6.07, 6.45) is 2.61. The summed E-state index contributed by atoms with van der Waals surface area (Å²) >= 11 is 3.40. The van der Waals surface area contributed by atoms with Crippen LogP contribution in [0.1, 0.15) is 41.0 Å². The van der Waals surface area contributed by atoms with Gasteiger partial charge in [0.1, 0.15) is 0 Å². The van der Waals surface area contributed by atoms with E-state index >= 15 is 0 Å². The molecule has 3 heteroatoms. The largest absolute Gasteiger partial charge is 0.313 e. The lowest BCUT2D eigenvalue weighted by molar-refractivity contribution is 0.103. The number of hydrogen-bond donors (Lipinski definition) is 0. The number of halogens is 1. The number of carbonyl (C=O) groups excluding carboxylic acids is 1. The van der Waals surface area contributed by atoms with Crippen molar-refractivity contribution in [2.45, 2.75) is 27.2 Å². The molecule has 0 bridgehead atoms. The maximum atomic E-state index is 13.1. The van der Waals surface area contributed by atoms with Gasteiger partial charge in [-0.2, -0.15) is 0 Å². The highest BCUT2D eigenvalue weighted by atomic mass is 79.9. The summed E-state index contributed by atoms with van der Waals surface area (Å²) in [7, 11) is 0. The van der Waals surface area contributed by atoms with Crippen LogP contribution >= 0.6 is 15.9 Å². The second-order valence-corrected chi connectivity index (χ2v) is 6.48. The molecule has 0 atom stereocenters. The zero-order chi connectivity index (χ0) is 16.7. The van der Waals surface area contributed by atoms with Crippen molar-refractivity contribution in [3.63, 3.8) is 0 Å². The molecule has 0 saturated heterocycles. The Morgan fingerprint density at radius 1 is 1.27 bits per heavy atom. The average molecular weight is 357 g/mol. The van der Waals surface area contributed by atoms with Gasteiger partial charge in [-0.1, -0.05) is 28.9 Å². The smallest absolute Gasteiger partial charge is 0.210 e. The Kier molecular flexibility index (Phi) is 3.59. The molecular formula is C19H18BrNO. The minimum absolute atomic E-state index is 0.0344. The predicted molar refractivity (Wildman–Crippen MR) is 93.8 cm³/mol. The first-order chi connectivity index (χ1) is 10.9. The molecule has 0 aliphatic carbocycles. The van der Waals surface area contributed by atoms with Crippen LogP contribution in [0, 0.1) is 13.8 Å². The van der Waals surface area contributed by atoms with Gasteiger partial charge in [-0.25, -0.2) is 0 Å². The number of aryl methyl sites for hydroxylation is 2. The highest BCUT2D eigenvalue weighted by molar-refractivity contribution is 9.10. The third kappa shape index (κ3) is 2.50. The first-order valence-corrected chi connectivity index (χ1v) is 8.14. The van der Waals surface area contributed by atoms with Crippen LogP contribution in [0.15, 0.2) is 47.0 Å². The van der Waals surface area contributed by atoms with Crippen molar-refractivity contribution in [3.8, 4) is 0 Å². The third-order valence-corrected chi connectivity index (χ3v) is 4.39. The second-order valence-electron chi connectivity index (χ2n) is 5.56. The lowest BCUT2D eigenvalue weighted by Crippen LogP contribution is -2.08. The summed E-state index contributed by atoms with van der Waals surface area (Å²) in [5, 5.41) is 0. The Balaban J connectivity index is 2.31. The van der Waals surface area contributed by atoms with Crippen molar-refractivity contribution in [1.29, 1.82) is 0 Å². The van der Waals surface area contributed by atoms with E-state index in [-0.39, 0.29) is 5.78 Å². The predicted octanol–water partition coefficient (Wildman–Crippen LogP) is 5.11. The monoisotopic (exact) mass is 356 g/mol. The summed E-state index contributed by atoms with van der Waals surface area (Å²) in [5.74, 6) is -0.0344. The van der Waals surface area contributed by atoms with E-state index in [9.17, 15) is 4.79 Å². The van der Waals surface area contributed by atoms with Crippen LogP contribution in [0.25, 0.3) is 5.52 Å². The zero-order valence-electron chi connectivity index (χ0n) is 13.9. The van der Waals surface area contributed by atoms with E-state index in [4.69, 9.17) is 1.37 Å². The van der Waals surface area contributed by atoms with Crippen molar-refractivity contribution < 1.29 is 6.17 Å². The fourth-order valence-electron chi connectivity index (χ4n) is 2.83. The number of carbonyl (C=O) groups is 1. The van der Waals surface area contributed by atoms with Gasteiger partial charge < -0.3 is 4.40 Å². The quantitative estimate of drug-likeness (QED) is 0.597. The van der Waals surface area contributed by atoms with Gasteiger partial charge >= 0.3 is 0 Å². The molecule has 112 valence electrons. The van der Waals surface area contributed by atoms with E-state index in [0.29, 0.717) is 23.7 Å². The number of aromatic nitrogens is 1. The first-order valence-electron chi connectivity index (χ1n) is 7.85. The number of pyridine rings is 1. The molecule has 22 heavy (non-hydrogen) atoms. The fourth-order valence-corrected chi connectivity index (χ4v) is 3.09. The number of fused-ring (bicyclic) bond motifs is 1.